The molecule has 4 rings (SSSR count). The summed E-state index contributed by atoms with van der Waals surface area (Å²) in [6.07, 6.45) is -6.07. The van der Waals surface area contributed by atoms with E-state index < -0.39 is 58.6 Å². The first-order valence-corrected chi connectivity index (χ1v) is 9.05. The summed E-state index contributed by atoms with van der Waals surface area (Å²) < 4.78 is 16.0. The van der Waals surface area contributed by atoms with Crippen LogP contribution in [0.25, 0.3) is 22.3 Å². The van der Waals surface area contributed by atoms with Crippen molar-refractivity contribution in [2.75, 3.05) is 6.61 Å². The number of phenolic OH excluding ortho intramolecular Hbond substituents is 4. The lowest BCUT2D eigenvalue weighted by Crippen LogP contribution is -2.54. The second-order valence-electron chi connectivity index (χ2n) is 6.99. The summed E-state index contributed by atoms with van der Waals surface area (Å²) in [5.74, 6) is -2.66. The summed E-state index contributed by atoms with van der Waals surface area (Å²) in [7, 11) is 0. The zero-order valence-corrected chi connectivity index (χ0v) is 15.7. The minimum absolute atomic E-state index is 0.0906. The van der Waals surface area contributed by atoms with Crippen molar-refractivity contribution in [3.8, 4) is 40.1 Å². The Morgan fingerprint density at radius 1 is 0.903 bits per heavy atom. The molecule has 4 atom stereocenters. The molecule has 2 heterocycles. The van der Waals surface area contributed by atoms with Crippen LogP contribution in [0.3, 0.4) is 0 Å². The molecule has 0 aliphatic carbocycles. The van der Waals surface area contributed by atoms with Gasteiger partial charge in [0.15, 0.2) is 28.3 Å². The number of benzene rings is 2. The fraction of sp³-hybridized carbons (Fsp3) is 0.250. The molecule has 11 nitrogen and oxygen atoms in total. The van der Waals surface area contributed by atoms with Gasteiger partial charge in [0.25, 0.3) is 0 Å². The summed E-state index contributed by atoms with van der Waals surface area (Å²) in [5.41, 5.74) is -0.964. The van der Waals surface area contributed by atoms with Crippen molar-refractivity contribution in [3.05, 3.63) is 40.6 Å². The molecule has 7 N–H and O–H groups in total. The highest BCUT2D eigenvalue weighted by Crippen LogP contribution is 2.41. The van der Waals surface area contributed by atoms with Crippen LogP contribution in [0.2, 0.25) is 0 Å². The molecule has 1 aliphatic rings. The van der Waals surface area contributed by atoms with E-state index in [4.69, 9.17) is 13.9 Å². The molecular formula is C20H18O11. The van der Waals surface area contributed by atoms with Gasteiger partial charge in [-0.25, -0.2) is 0 Å². The highest BCUT2D eigenvalue weighted by atomic mass is 16.7. The lowest BCUT2D eigenvalue weighted by molar-refractivity contribution is -0.242. The Morgan fingerprint density at radius 3 is 2.35 bits per heavy atom. The topological polar surface area (TPSA) is 190 Å². The SMILES string of the molecule is O=c1cc(-c2ccc(O)c(O)c2)oc2c(O)c(O[C@@H]3OC[C@@H](O)[C@H](O)[C@H]3O)cc(O)c12. The number of aromatic hydroxyl groups is 4. The number of phenols is 4. The van der Waals surface area contributed by atoms with Crippen LogP contribution >= 0.6 is 0 Å². The zero-order valence-electron chi connectivity index (χ0n) is 15.7. The number of hydrogen-bond acceptors (Lipinski definition) is 11. The molecule has 0 bridgehead atoms. The van der Waals surface area contributed by atoms with Crippen molar-refractivity contribution in [1.29, 1.82) is 0 Å². The van der Waals surface area contributed by atoms with Crippen molar-refractivity contribution in [2.45, 2.75) is 24.6 Å². The van der Waals surface area contributed by atoms with Gasteiger partial charge < -0.3 is 49.6 Å². The predicted octanol–water partition coefficient (Wildman–Crippen LogP) is 0.100. The monoisotopic (exact) mass is 434 g/mol. The minimum atomic E-state index is -1.67. The Balaban J connectivity index is 1.79. The van der Waals surface area contributed by atoms with Gasteiger partial charge >= 0.3 is 0 Å². The number of aliphatic hydroxyl groups excluding tert-OH is 3. The van der Waals surface area contributed by atoms with E-state index in [2.05, 4.69) is 0 Å². The maximum atomic E-state index is 12.5. The van der Waals surface area contributed by atoms with Crippen molar-refractivity contribution in [1.82, 2.24) is 0 Å². The van der Waals surface area contributed by atoms with Crippen molar-refractivity contribution < 1.29 is 49.6 Å². The molecule has 1 fully saturated rings. The molecule has 3 aromatic rings. The van der Waals surface area contributed by atoms with Crippen LogP contribution in [0, 0.1) is 0 Å². The summed E-state index contributed by atoms with van der Waals surface area (Å²) in [6.45, 7) is -0.354. The van der Waals surface area contributed by atoms with E-state index in [1.54, 1.807) is 0 Å². The van der Waals surface area contributed by atoms with E-state index in [-0.39, 0.29) is 29.1 Å². The highest BCUT2D eigenvalue weighted by molar-refractivity contribution is 5.91. The van der Waals surface area contributed by atoms with E-state index in [1.165, 1.54) is 12.1 Å². The molecule has 0 radical (unpaired) electrons. The first kappa shape index (κ1) is 20.8. The number of hydrogen-bond donors (Lipinski definition) is 7. The smallest absolute Gasteiger partial charge is 0.229 e. The van der Waals surface area contributed by atoms with Crippen LogP contribution < -0.4 is 10.2 Å². The highest BCUT2D eigenvalue weighted by Gasteiger charge is 2.39. The molecule has 1 aliphatic heterocycles. The third kappa shape index (κ3) is 3.59. The van der Waals surface area contributed by atoms with Gasteiger partial charge in [0.05, 0.1) is 6.61 Å². The van der Waals surface area contributed by atoms with E-state index in [0.29, 0.717) is 0 Å². The third-order valence-corrected chi connectivity index (χ3v) is 4.88. The molecule has 0 unspecified atom stereocenters. The van der Waals surface area contributed by atoms with E-state index in [0.717, 1.165) is 18.2 Å². The van der Waals surface area contributed by atoms with Crippen LogP contribution in [0.15, 0.2) is 39.5 Å². The first-order valence-electron chi connectivity index (χ1n) is 9.05. The van der Waals surface area contributed by atoms with Gasteiger partial charge in [-0.3, -0.25) is 4.79 Å². The number of fused-ring (bicyclic) bond motifs is 1. The average molecular weight is 434 g/mol. The molecule has 1 aromatic heterocycles. The molecule has 1 saturated heterocycles. The summed E-state index contributed by atoms with van der Waals surface area (Å²) >= 11 is 0. The molecule has 2 aromatic carbocycles. The van der Waals surface area contributed by atoms with Crippen LogP contribution in [0.4, 0.5) is 0 Å². The van der Waals surface area contributed by atoms with Gasteiger partial charge in [-0.2, -0.15) is 0 Å². The quantitative estimate of drug-likeness (QED) is 0.219. The lowest BCUT2D eigenvalue weighted by Gasteiger charge is -2.35. The normalized spacial score (nSPS) is 23.7. The largest absolute Gasteiger partial charge is 0.507 e. The van der Waals surface area contributed by atoms with Crippen LogP contribution in [-0.4, -0.2) is 67.0 Å². The summed E-state index contributed by atoms with van der Waals surface area (Å²) in [5, 5.41) is 68.9. The minimum Gasteiger partial charge on any atom is -0.507 e. The molecule has 0 amide bonds. The lowest BCUT2D eigenvalue weighted by atomic mass is 10.1. The van der Waals surface area contributed by atoms with E-state index in [1.807, 2.05) is 0 Å². The summed E-state index contributed by atoms with van der Waals surface area (Å²) in [6, 6.07) is 5.60. The average Bonchev–Trinajstić information content (AvgIpc) is 2.73. The van der Waals surface area contributed by atoms with Crippen molar-refractivity contribution in [2.24, 2.45) is 0 Å². The first-order chi connectivity index (χ1) is 14.7. The molecule has 0 spiro atoms. The van der Waals surface area contributed by atoms with Gasteiger partial charge in [-0.15, -0.1) is 0 Å². The number of ether oxygens (including phenoxy) is 2. The molecule has 31 heavy (non-hydrogen) atoms. The third-order valence-electron chi connectivity index (χ3n) is 4.88. The van der Waals surface area contributed by atoms with E-state index in [9.17, 15) is 40.5 Å². The maximum absolute atomic E-state index is 12.5. The Morgan fingerprint density at radius 2 is 1.65 bits per heavy atom. The second kappa shape index (κ2) is 7.63. The van der Waals surface area contributed by atoms with Gasteiger partial charge in [0.2, 0.25) is 12.0 Å². The molecule has 11 heteroatoms. The Labute approximate surface area is 173 Å². The number of rotatable bonds is 3. The molecule has 164 valence electrons. The van der Waals surface area contributed by atoms with Gasteiger partial charge in [0, 0.05) is 17.7 Å². The second-order valence-corrected chi connectivity index (χ2v) is 6.99. The predicted molar refractivity (Wildman–Crippen MR) is 103 cm³/mol. The van der Waals surface area contributed by atoms with Crippen molar-refractivity contribution >= 4 is 11.0 Å². The fourth-order valence-corrected chi connectivity index (χ4v) is 3.20. The molecule has 0 saturated carbocycles. The molecular weight excluding hydrogens is 416 g/mol. The maximum Gasteiger partial charge on any atom is 0.229 e. The van der Waals surface area contributed by atoms with Crippen molar-refractivity contribution in [3.63, 3.8) is 0 Å². The Hall–Kier alpha value is -3.51. The zero-order chi connectivity index (χ0) is 22.4. The van der Waals surface area contributed by atoms with Gasteiger partial charge in [-0.1, -0.05) is 0 Å². The van der Waals surface area contributed by atoms with Gasteiger partial charge in [0.1, 0.15) is 35.2 Å². The van der Waals surface area contributed by atoms with Crippen LogP contribution in [-0.2, 0) is 4.74 Å². The summed E-state index contributed by atoms with van der Waals surface area (Å²) in [4.78, 5) is 12.5. The Bertz CT molecular complexity index is 1200. The van der Waals surface area contributed by atoms with Gasteiger partial charge in [-0.05, 0) is 18.2 Å². The standard InChI is InChI=1S/C20H18O11/c21-8-2-1-7(3-9(8)22)13-4-10(23)15-11(24)5-14(17(27)19(15)30-13)31-20-18(28)16(26)12(25)6-29-20/h1-5,12,16,18,20-22,24-28H,6H2/t12-,16+,18-,20+/m1/s1. The van der Waals surface area contributed by atoms with E-state index >= 15 is 0 Å². The Kier molecular flexibility index (Phi) is 5.11. The fourth-order valence-electron chi connectivity index (χ4n) is 3.20. The van der Waals surface area contributed by atoms with Crippen LogP contribution in [0.5, 0.6) is 28.7 Å². The number of aliphatic hydroxyl groups is 3. The van der Waals surface area contributed by atoms with Crippen LogP contribution in [0.1, 0.15) is 0 Å².